The molecule has 13 aromatic rings. The first-order valence-corrected chi connectivity index (χ1v) is 24.6. The van der Waals surface area contributed by atoms with Gasteiger partial charge in [0.25, 0.3) is 0 Å². The minimum Gasteiger partial charge on any atom is -0.309 e. The molecule has 66 heavy (non-hydrogen) atoms. The maximum absolute atomic E-state index is 5.00. The minimum absolute atomic E-state index is 0.0266. The number of hydrogen-bond acceptors (Lipinski definition) is 3. The van der Waals surface area contributed by atoms with Crippen LogP contribution in [0.25, 0.3) is 118 Å². The molecule has 0 saturated carbocycles. The first kappa shape index (κ1) is 39.3. The molecule has 13 rings (SSSR count). The molecule has 0 fully saturated rings. The molecule has 0 spiro atoms. The van der Waals surface area contributed by atoms with Crippen molar-refractivity contribution in [2.45, 2.75) is 52.4 Å². The van der Waals surface area contributed by atoms with Gasteiger partial charge in [0.2, 0.25) is 0 Å². The number of thiophene rings is 2. The number of aromatic nitrogens is 3. The van der Waals surface area contributed by atoms with Crippen LogP contribution in [0.5, 0.6) is 0 Å². The van der Waals surface area contributed by atoms with Crippen LogP contribution >= 0.6 is 22.7 Å². The van der Waals surface area contributed by atoms with E-state index in [2.05, 4.69) is 221 Å². The molecule has 0 radical (unpaired) electrons. The maximum Gasteiger partial charge on any atom is 0.0708 e. The van der Waals surface area contributed by atoms with Crippen molar-refractivity contribution < 1.29 is 0 Å². The number of nitrogens with zero attached hydrogens (tertiary/aromatic N) is 3. The van der Waals surface area contributed by atoms with E-state index in [0.717, 1.165) is 33.8 Å². The van der Waals surface area contributed by atoms with Gasteiger partial charge in [-0.1, -0.05) is 126 Å². The predicted octanol–water partition coefficient (Wildman–Crippen LogP) is 17.9. The smallest absolute Gasteiger partial charge is 0.0708 e. The van der Waals surface area contributed by atoms with E-state index in [4.69, 9.17) is 4.98 Å². The summed E-state index contributed by atoms with van der Waals surface area (Å²) in [5.41, 5.74) is 14.2. The third-order valence-electron chi connectivity index (χ3n) is 13.9. The Labute approximate surface area is 391 Å². The van der Waals surface area contributed by atoms with Crippen molar-refractivity contribution in [3.05, 3.63) is 187 Å². The molecule has 0 aliphatic heterocycles. The zero-order chi connectivity index (χ0) is 44.6. The second kappa shape index (κ2) is 14.2. The first-order valence-electron chi connectivity index (χ1n) is 22.9. The molecule has 5 aromatic heterocycles. The molecule has 3 nitrogen and oxygen atoms in total. The standard InChI is InChI=1S/C61H47N3S2/c1-60(2,3)39-21-25-50-47(34-39)56-52(27-23-45-43-17-7-9-19-54(43)65-58(45)56)63(50)41-15-11-13-36(31-41)37-29-30-62-49(33-37)38-14-12-16-42(32-38)64-51-26-22-40(61(4,5)6)35-48(51)57-53(64)28-24-46-44-18-8-10-20-55(44)66-59(46)57/h7-35H,1-6H3. The van der Waals surface area contributed by atoms with E-state index < -0.39 is 0 Å². The fourth-order valence-corrected chi connectivity index (χ4v) is 13.0. The molecule has 0 aliphatic rings. The minimum atomic E-state index is 0.0266. The third-order valence-corrected chi connectivity index (χ3v) is 16.3. The topological polar surface area (TPSA) is 22.8 Å². The Kier molecular flexibility index (Phi) is 8.48. The van der Waals surface area contributed by atoms with Crippen LogP contribution in [0.15, 0.2) is 176 Å². The van der Waals surface area contributed by atoms with E-state index >= 15 is 0 Å². The summed E-state index contributed by atoms with van der Waals surface area (Å²) in [6.07, 6.45) is 1.96. The fourth-order valence-electron chi connectivity index (χ4n) is 10.5. The quantitative estimate of drug-likeness (QED) is 0.173. The fraction of sp³-hybridized carbons (Fsp3) is 0.131. The van der Waals surface area contributed by atoms with Gasteiger partial charge in [-0.2, -0.15) is 0 Å². The Balaban J connectivity index is 0.944. The zero-order valence-corrected chi connectivity index (χ0v) is 39.5. The highest BCUT2D eigenvalue weighted by Gasteiger charge is 2.23. The molecule has 318 valence electrons. The molecular weight excluding hydrogens is 839 g/mol. The molecule has 5 heteroatoms. The SMILES string of the molecule is CC(C)(C)c1ccc2c(c1)c1c3sc4ccccc4c3ccc1n2-c1cccc(-c2ccnc(-c3cccc(-n4c5ccc(C(C)(C)C)cc5c5c6sc7ccccc7c6ccc54)c3)c2)c1. The van der Waals surface area contributed by atoms with Gasteiger partial charge >= 0.3 is 0 Å². The lowest BCUT2D eigenvalue weighted by atomic mass is 9.86. The molecule has 0 saturated heterocycles. The highest BCUT2D eigenvalue weighted by molar-refractivity contribution is 7.27. The van der Waals surface area contributed by atoms with Crippen LogP contribution < -0.4 is 0 Å². The van der Waals surface area contributed by atoms with E-state index in [1.165, 1.54) is 95.1 Å². The van der Waals surface area contributed by atoms with Crippen LogP contribution in [0.1, 0.15) is 52.7 Å². The third kappa shape index (κ3) is 5.96. The average Bonchev–Trinajstić information content (AvgIpc) is 4.08. The van der Waals surface area contributed by atoms with Gasteiger partial charge in [0.15, 0.2) is 0 Å². The van der Waals surface area contributed by atoms with Crippen molar-refractivity contribution in [3.8, 4) is 33.8 Å². The predicted molar refractivity (Wildman–Crippen MR) is 287 cm³/mol. The lowest BCUT2D eigenvalue weighted by molar-refractivity contribution is 0.591. The van der Waals surface area contributed by atoms with E-state index in [0.29, 0.717) is 0 Å². The van der Waals surface area contributed by atoms with Crippen LogP contribution in [-0.4, -0.2) is 14.1 Å². The van der Waals surface area contributed by atoms with Crippen molar-refractivity contribution in [1.82, 2.24) is 14.1 Å². The monoisotopic (exact) mass is 885 g/mol. The summed E-state index contributed by atoms with van der Waals surface area (Å²) in [7, 11) is 0. The molecule has 0 atom stereocenters. The molecule has 5 heterocycles. The van der Waals surface area contributed by atoms with Gasteiger partial charge in [-0.3, -0.25) is 4.98 Å². The van der Waals surface area contributed by atoms with E-state index in [9.17, 15) is 0 Å². The number of fused-ring (bicyclic) bond motifs is 14. The summed E-state index contributed by atoms with van der Waals surface area (Å²) in [6.45, 7) is 13.8. The molecule has 0 amide bonds. The Morgan fingerprint density at radius 1 is 0.379 bits per heavy atom. The maximum atomic E-state index is 5.00. The van der Waals surface area contributed by atoms with E-state index in [1.54, 1.807) is 0 Å². The summed E-state index contributed by atoms with van der Waals surface area (Å²) in [6, 6.07) is 63.5. The van der Waals surface area contributed by atoms with Crippen molar-refractivity contribution in [1.29, 1.82) is 0 Å². The van der Waals surface area contributed by atoms with Gasteiger partial charge in [0.1, 0.15) is 0 Å². The molecule has 8 aromatic carbocycles. The summed E-state index contributed by atoms with van der Waals surface area (Å²) < 4.78 is 10.3. The summed E-state index contributed by atoms with van der Waals surface area (Å²) >= 11 is 3.81. The van der Waals surface area contributed by atoms with Crippen LogP contribution in [0.4, 0.5) is 0 Å². The Morgan fingerprint density at radius 2 is 0.848 bits per heavy atom. The average molecular weight is 886 g/mol. The van der Waals surface area contributed by atoms with Crippen LogP contribution in [0.3, 0.4) is 0 Å². The molecule has 0 unspecified atom stereocenters. The molecule has 0 bridgehead atoms. The highest BCUT2D eigenvalue weighted by Crippen LogP contribution is 2.46. The lowest BCUT2D eigenvalue weighted by Gasteiger charge is -2.19. The van der Waals surface area contributed by atoms with Crippen LogP contribution in [-0.2, 0) is 10.8 Å². The number of hydrogen-bond donors (Lipinski definition) is 0. The van der Waals surface area contributed by atoms with Crippen LogP contribution in [0.2, 0.25) is 0 Å². The zero-order valence-electron chi connectivity index (χ0n) is 37.9. The van der Waals surface area contributed by atoms with Gasteiger partial charge in [-0.05, 0) is 118 Å². The highest BCUT2D eigenvalue weighted by atomic mass is 32.1. The van der Waals surface area contributed by atoms with E-state index in [-0.39, 0.29) is 10.8 Å². The molecular formula is C61H47N3S2. The van der Waals surface area contributed by atoms with Gasteiger partial charge < -0.3 is 9.13 Å². The first-order chi connectivity index (χ1) is 32.0. The Hall–Kier alpha value is -7.05. The number of benzene rings is 8. The summed E-state index contributed by atoms with van der Waals surface area (Å²) in [4.78, 5) is 5.00. The Bertz CT molecular complexity index is 3870. The van der Waals surface area contributed by atoms with Gasteiger partial charge in [-0.15, -0.1) is 22.7 Å². The van der Waals surface area contributed by atoms with Crippen LogP contribution in [0, 0.1) is 0 Å². The van der Waals surface area contributed by atoms with Crippen molar-refractivity contribution in [2.75, 3.05) is 0 Å². The van der Waals surface area contributed by atoms with Gasteiger partial charge in [-0.25, -0.2) is 0 Å². The summed E-state index contributed by atoms with van der Waals surface area (Å²) in [5, 5.41) is 10.6. The normalized spacial score (nSPS) is 12.7. The Morgan fingerprint density at radius 3 is 1.38 bits per heavy atom. The molecule has 0 aliphatic carbocycles. The largest absolute Gasteiger partial charge is 0.309 e. The second-order valence-corrected chi connectivity index (χ2v) is 22.1. The van der Waals surface area contributed by atoms with E-state index in [1.807, 2.05) is 28.9 Å². The second-order valence-electron chi connectivity index (χ2n) is 20.0. The van der Waals surface area contributed by atoms with Crippen molar-refractivity contribution in [2.24, 2.45) is 0 Å². The van der Waals surface area contributed by atoms with Gasteiger partial charge in [0, 0.05) is 85.0 Å². The van der Waals surface area contributed by atoms with Gasteiger partial charge in [0.05, 0.1) is 27.8 Å². The number of rotatable bonds is 4. The van der Waals surface area contributed by atoms with Crippen molar-refractivity contribution in [3.63, 3.8) is 0 Å². The number of pyridine rings is 1. The summed E-state index contributed by atoms with van der Waals surface area (Å²) in [5.74, 6) is 0. The van der Waals surface area contributed by atoms with Crippen molar-refractivity contribution >= 4 is 107 Å². The molecule has 0 N–H and O–H groups in total. The lowest BCUT2D eigenvalue weighted by Crippen LogP contribution is -2.10.